The van der Waals surface area contributed by atoms with Gasteiger partial charge in [0.05, 0.1) is 10.6 Å². The molecule has 0 bridgehead atoms. The normalized spacial score (nSPS) is 11.9. The van der Waals surface area contributed by atoms with Crippen molar-refractivity contribution in [3.05, 3.63) is 129 Å². The van der Waals surface area contributed by atoms with E-state index >= 15 is 0 Å². The van der Waals surface area contributed by atoms with Gasteiger partial charge >= 0.3 is 0 Å². The second-order valence-electron chi connectivity index (χ2n) is 9.83. The lowest BCUT2D eigenvalue weighted by Gasteiger charge is -2.34. The molecular weight excluding hydrogens is 629 g/mol. The molecule has 4 aromatic carbocycles. The molecule has 0 aliphatic carbocycles. The van der Waals surface area contributed by atoms with E-state index in [0.29, 0.717) is 31.9 Å². The number of carbonyl (C=O) groups is 2. The third kappa shape index (κ3) is 7.89. The van der Waals surface area contributed by atoms with Gasteiger partial charge in [0.2, 0.25) is 11.8 Å². The molecule has 2 amide bonds. The van der Waals surface area contributed by atoms with Crippen molar-refractivity contribution in [2.24, 2.45) is 0 Å². The zero-order valence-corrected chi connectivity index (χ0v) is 26.6. The average molecular weight is 659 g/mol. The van der Waals surface area contributed by atoms with Crippen molar-refractivity contribution in [3.63, 3.8) is 0 Å². The second-order valence-corrected chi connectivity index (χ2v) is 13.0. The summed E-state index contributed by atoms with van der Waals surface area (Å²) in [6, 6.07) is 25.8. The van der Waals surface area contributed by atoms with Crippen LogP contribution in [-0.4, -0.2) is 44.8 Å². The number of halogens is 3. The fourth-order valence-corrected chi connectivity index (χ4v) is 6.72. The molecule has 0 aliphatic rings. The quantitative estimate of drug-likeness (QED) is 0.198. The van der Waals surface area contributed by atoms with Crippen molar-refractivity contribution < 1.29 is 18.0 Å². The lowest BCUT2D eigenvalue weighted by atomic mass is 10.0. The fourth-order valence-electron chi connectivity index (χ4n) is 4.64. The number of sulfonamides is 1. The maximum Gasteiger partial charge on any atom is 0.264 e. The number of benzene rings is 4. The Morgan fingerprint density at radius 1 is 0.837 bits per heavy atom. The van der Waals surface area contributed by atoms with Crippen molar-refractivity contribution in [2.45, 2.75) is 30.8 Å². The van der Waals surface area contributed by atoms with Gasteiger partial charge in [-0.1, -0.05) is 89.4 Å². The van der Waals surface area contributed by atoms with Gasteiger partial charge in [0, 0.05) is 35.1 Å². The number of anilines is 1. The Balaban J connectivity index is 1.81. The lowest BCUT2D eigenvalue weighted by Crippen LogP contribution is -2.53. The van der Waals surface area contributed by atoms with Gasteiger partial charge in [-0.2, -0.15) is 0 Å². The van der Waals surface area contributed by atoms with Crippen LogP contribution in [-0.2, 0) is 32.6 Å². The maximum absolute atomic E-state index is 14.4. The largest absolute Gasteiger partial charge is 0.357 e. The minimum atomic E-state index is -4.24. The lowest BCUT2D eigenvalue weighted by molar-refractivity contribution is -0.139. The van der Waals surface area contributed by atoms with Crippen LogP contribution >= 0.6 is 34.8 Å². The number of hydrogen-bond acceptors (Lipinski definition) is 4. The van der Waals surface area contributed by atoms with Gasteiger partial charge < -0.3 is 10.2 Å². The number of rotatable bonds is 11. The van der Waals surface area contributed by atoms with Crippen LogP contribution in [0.25, 0.3) is 0 Å². The van der Waals surface area contributed by atoms with Crippen LogP contribution in [0.4, 0.5) is 5.69 Å². The van der Waals surface area contributed by atoms with Crippen LogP contribution in [0.3, 0.4) is 0 Å². The standard InChI is InChI=1S/C32H30Cl3N3O4S/c1-22-8-6-7-11-29(22)38(43(41,42)27-16-14-25(33)15-17-27)21-31(39)37(20-24-12-13-26(34)19-28(24)35)30(32(40)36-2)18-23-9-4-3-5-10-23/h3-17,19,30H,18,20-21H2,1-2H3,(H,36,40)/t30-/m1/s1. The molecule has 7 nitrogen and oxygen atoms in total. The summed E-state index contributed by atoms with van der Waals surface area (Å²) in [7, 11) is -2.75. The predicted molar refractivity (Wildman–Crippen MR) is 172 cm³/mol. The van der Waals surface area contributed by atoms with Crippen LogP contribution in [0.5, 0.6) is 0 Å². The molecule has 1 N–H and O–H groups in total. The highest BCUT2D eigenvalue weighted by Crippen LogP contribution is 2.29. The molecule has 1 atom stereocenters. The van der Waals surface area contributed by atoms with E-state index in [1.165, 1.54) is 36.2 Å². The molecule has 11 heteroatoms. The van der Waals surface area contributed by atoms with Gasteiger partial charge in [0.25, 0.3) is 10.0 Å². The first-order valence-corrected chi connectivity index (χ1v) is 15.9. The Labute approximate surface area is 267 Å². The van der Waals surface area contributed by atoms with Crippen LogP contribution in [0.15, 0.2) is 102 Å². The Morgan fingerprint density at radius 3 is 2.09 bits per heavy atom. The van der Waals surface area contributed by atoms with Crippen LogP contribution in [0, 0.1) is 6.92 Å². The van der Waals surface area contributed by atoms with Crippen molar-refractivity contribution in [1.29, 1.82) is 0 Å². The highest BCUT2D eigenvalue weighted by molar-refractivity contribution is 7.92. The average Bonchev–Trinajstić information content (AvgIpc) is 2.99. The number of carbonyl (C=O) groups excluding carboxylic acids is 2. The summed E-state index contributed by atoms with van der Waals surface area (Å²) >= 11 is 18.6. The summed E-state index contributed by atoms with van der Waals surface area (Å²) in [4.78, 5) is 29.0. The molecule has 0 unspecified atom stereocenters. The van der Waals surface area contributed by atoms with E-state index in [1.807, 2.05) is 30.3 Å². The SMILES string of the molecule is CNC(=O)[C@@H](Cc1ccccc1)N(Cc1ccc(Cl)cc1Cl)C(=O)CN(c1ccccc1C)S(=O)(=O)c1ccc(Cl)cc1. The van der Waals surface area contributed by atoms with Crippen molar-refractivity contribution in [1.82, 2.24) is 10.2 Å². The number of nitrogens with zero attached hydrogens (tertiary/aromatic N) is 2. The molecule has 0 spiro atoms. The molecule has 0 heterocycles. The first-order chi connectivity index (χ1) is 20.5. The van der Waals surface area contributed by atoms with Gasteiger partial charge in [-0.3, -0.25) is 13.9 Å². The van der Waals surface area contributed by atoms with E-state index in [0.717, 1.165) is 9.87 Å². The van der Waals surface area contributed by atoms with Gasteiger partial charge in [-0.15, -0.1) is 0 Å². The molecule has 0 aliphatic heterocycles. The predicted octanol–water partition coefficient (Wildman–Crippen LogP) is 6.54. The zero-order chi connectivity index (χ0) is 31.1. The Hall–Kier alpha value is -3.56. The van der Waals surface area contributed by atoms with Crippen LogP contribution in [0.2, 0.25) is 15.1 Å². The molecule has 0 radical (unpaired) electrons. The highest BCUT2D eigenvalue weighted by Gasteiger charge is 2.35. The smallest absolute Gasteiger partial charge is 0.264 e. The zero-order valence-electron chi connectivity index (χ0n) is 23.5. The van der Waals surface area contributed by atoms with E-state index in [4.69, 9.17) is 34.8 Å². The van der Waals surface area contributed by atoms with E-state index < -0.39 is 34.4 Å². The third-order valence-electron chi connectivity index (χ3n) is 6.94. The highest BCUT2D eigenvalue weighted by atomic mass is 35.5. The molecule has 224 valence electrons. The Bertz CT molecular complexity index is 1700. The molecule has 0 aromatic heterocycles. The molecule has 4 aromatic rings. The molecule has 0 fully saturated rings. The summed E-state index contributed by atoms with van der Waals surface area (Å²) in [6.07, 6.45) is 0.186. The van der Waals surface area contributed by atoms with Crippen molar-refractivity contribution >= 4 is 62.3 Å². The summed E-state index contributed by atoms with van der Waals surface area (Å²) in [5.41, 5.74) is 2.34. The van der Waals surface area contributed by atoms with E-state index in [1.54, 1.807) is 49.4 Å². The first-order valence-electron chi connectivity index (χ1n) is 13.3. The van der Waals surface area contributed by atoms with E-state index in [-0.39, 0.29) is 17.9 Å². The maximum atomic E-state index is 14.4. The molecule has 4 rings (SSSR count). The van der Waals surface area contributed by atoms with E-state index in [9.17, 15) is 18.0 Å². The number of para-hydroxylation sites is 1. The molecule has 43 heavy (non-hydrogen) atoms. The van der Waals surface area contributed by atoms with Crippen molar-refractivity contribution in [3.8, 4) is 0 Å². The number of hydrogen-bond donors (Lipinski definition) is 1. The van der Waals surface area contributed by atoms with Crippen LogP contribution in [0.1, 0.15) is 16.7 Å². The minimum absolute atomic E-state index is 0.0348. The van der Waals surface area contributed by atoms with Gasteiger partial charge in [-0.25, -0.2) is 8.42 Å². The topological polar surface area (TPSA) is 86.8 Å². The fraction of sp³-hybridized carbons (Fsp3) is 0.188. The third-order valence-corrected chi connectivity index (χ3v) is 9.55. The molecule has 0 saturated heterocycles. The minimum Gasteiger partial charge on any atom is -0.357 e. The first kappa shape index (κ1) is 32.4. The number of amides is 2. The van der Waals surface area contributed by atoms with Gasteiger partial charge in [0.15, 0.2) is 0 Å². The molecular formula is C32H30Cl3N3O4S. The van der Waals surface area contributed by atoms with Gasteiger partial charge in [-0.05, 0) is 66.1 Å². The van der Waals surface area contributed by atoms with Gasteiger partial charge in [0.1, 0.15) is 12.6 Å². The van der Waals surface area contributed by atoms with Crippen LogP contribution < -0.4 is 9.62 Å². The second kappa shape index (κ2) is 14.3. The Morgan fingerprint density at radius 2 is 1.47 bits per heavy atom. The Kier molecular flexibility index (Phi) is 10.7. The van der Waals surface area contributed by atoms with E-state index in [2.05, 4.69) is 5.32 Å². The van der Waals surface area contributed by atoms with Crippen molar-refractivity contribution in [2.75, 3.05) is 17.9 Å². The summed E-state index contributed by atoms with van der Waals surface area (Å²) in [5, 5.41) is 3.75. The molecule has 0 saturated carbocycles. The monoisotopic (exact) mass is 657 g/mol. The number of aryl methyl sites for hydroxylation is 1. The summed E-state index contributed by atoms with van der Waals surface area (Å²) in [6.45, 7) is 1.11. The number of nitrogens with one attached hydrogen (secondary N) is 1. The summed E-state index contributed by atoms with van der Waals surface area (Å²) in [5.74, 6) is -1.01. The summed E-state index contributed by atoms with van der Waals surface area (Å²) < 4.78 is 29.2. The number of likely N-dealkylation sites (N-methyl/N-ethyl adjacent to an activating group) is 1.